The first-order chi connectivity index (χ1) is 12.5. The van der Waals surface area contributed by atoms with Crippen molar-refractivity contribution < 1.29 is 9.53 Å². The van der Waals surface area contributed by atoms with Crippen LogP contribution in [0.4, 0.5) is 4.79 Å². The zero-order valence-electron chi connectivity index (χ0n) is 16.0. The summed E-state index contributed by atoms with van der Waals surface area (Å²) in [7, 11) is 0. The lowest BCUT2D eigenvalue weighted by Crippen LogP contribution is -2.37. The Labute approximate surface area is 156 Å². The van der Waals surface area contributed by atoms with Crippen LogP contribution in [0.15, 0.2) is 65.4 Å². The molecule has 1 amide bonds. The molecule has 4 heteroatoms. The molecule has 4 nitrogen and oxygen atoms in total. The molecule has 0 aromatic heterocycles. The molecule has 140 valence electrons. The Morgan fingerprint density at radius 2 is 2.04 bits per heavy atom. The molecule has 2 rings (SSSR count). The number of allylic oxidation sites excluding steroid dienone is 4. The normalized spacial score (nSPS) is 21.2. The number of nitrogens with one attached hydrogen (secondary N) is 1. The molecular formula is C22H30N2O2. The molecule has 1 aromatic rings. The quantitative estimate of drug-likeness (QED) is 0.795. The summed E-state index contributed by atoms with van der Waals surface area (Å²) in [4.78, 5) is 12.1. The smallest absolute Gasteiger partial charge is 0.407 e. The molecule has 0 bridgehead atoms. The van der Waals surface area contributed by atoms with Gasteiger partial charge in [-0.05, 0) is 60.6 Å². The molecule has 0 aliphatic heterocycles. The molecule has 0 saturated heterocycles. The van der Waals surface area contributed by atoms with Gasteiger partial charge in [0.1, 0.15) is 6.61 Å². The van der Waals surface area contributed by atoms with Crippen LogP contribution >= 0.6 is 0 Å². The summed E-state index contributed by atoms with van der Waals surface area (Å²) < 4.78 is 5.33. The Bertz CT molecular complexity index is 687. The number of rotatable bonds is 5. The minimum absolute atomic E-state index is 0.103. The number of benzene rings is 1. The number of alkyl carbamates (subject to hydrolysis) is 1. The fourth-order valence-electron chi connectivity index (χ4n) is 3.12. The first-order valence-electron chi connectivity index (χ1n) is 9.28. The average molecular weight is 354 g/mol. The van der Waals surface area contributed by atoms with Crippen molar-refractivity contribution in [3.05, 3.63) is 71.0 Å². The number of carbonyl (C=O) groups excluding carboxylic acids is 1. The first kappa shape index (κ1) is 19.8. The van der Waals surface area contributed by atoms with E-state index in [1.54, 1.807) is 6.20 Å². The van der Waals surface area contributed by atoms with Crippen molar-refractivity contribution in [3.63, 3.8) is 0 Å². The second kappa shape index (κ2) is 9.85. The molecule has 1 unspecified atom stereocenters. The highest BCUT2D eigenvalue weighted by Crippen LogP contribution is 2.31. The number of amides is 1. The summed E-state index contributed by atoms with van der Waals surface area (Å²) in [6.45, 7) is 6.61. The van der Waals surface area contributed by atoms with Crippen molar-refractivity contribution in [2.75, 3.05) is 0 Å². The van der Waals surface area contributed by atoms with E-state index < -0.39 is 0 Å². The summed E-state index contributed by atoms with van der Waals surface area (Å²) in [6.07, 6.45) is 8.31. The van der Waals surface area contributed by atoms with Gasteiger partial charge in [-0.3, -0.25) is 0 Å². The van der Waals surface area contributed by atoms with Gasteiger partial charge in [0, 0.05) is 6.04 Å². The molecule has 1 saturated carbocycles. The maximum atomic E-state index is 12.1. The zero-order valence-corrected chi connectivity index (χ0v) is 16.0. The second-order valence-electron chi connectivity index (χ2n) is 6.95. The number of ether oxygens (including phenoxy) is 1. The lowest BCUT2D eigenvalue weighted by molar-refractivity contribution is 0.134. The molecule has 1 fully saturated rings. The van der Waals surface area contributed by atoms with Crippen molar-refractivity contribution in [2.45, 2.75) is 52.7 Å². The second-order valence-corrected chi connectivity index (χ2v) is 6.95. The maximum absolute atomic E-state index is 12.1. The van der Waals surface area contributed by atoms with Gasteiger partial charge >= 0.3 is 6.09 Å². The predicted octanol–water partition coefficient (Wildman–Crippen LogP) is 4.84. The Hall–Kier alpha value is -2.49. The molecule has 1 aromatic carbocycles. The molecule has 26 heavy (non-hydrogen) atoms. The van der Waals surface area contributed by atoms with E-state index in [2.05, 4.69) is 31.3 Å². The Balaban J connectivity index is 1.90. The molecule has 1 aliphatic rings. The van der Waals surface area contributed by atoms with Crippen molar-refractivity contribution >= 4 is 6.09 Å². The number of hydrogen-bond acceptors (Lipinski definition) is 3. The fourth-order valence-corrected chi connectivity index (χ4v) is 3.12. The standard InChI is InChI=1S/C22H30N2O2/c1-4-18-13-21(11-10-19(18)12-20(14-23)16(2)3)24-22(25)26-15-17-8-6-5-7-9-17/h4-9,12,14,16,21H,10-11,13,15,23H2,1-3H3,(H,24,25)/b18-4-,19-12-,20-14+. The van der Waals surface area contributed by atoms with E-state index in [4.69, 9.17) is 10.5 Å². The van der Waals surface area contributed by atoms with E-state index in [0.717, 1.165) is 30.4 Å². The monoisotopic (exact) mass is 354 g/mol. The summed E-state index contributed by atoms with van der Waals surface area (Å²) in [5.74, 6) is 0.398. The fraction of sp³-hybridized carbons (Fsp3) is 0.409. The van der Waals surface area contributed by atoms with Crippen molar-refractivity contribution in [3.8, 4) is 0 Å². The van der Waals surface area contributed by atoms with Crippen LogP contribution in [0.1, 0.15) is 45.6 Å². The topological polar surface area (TPSA) is 64.3 Å². The molecule has 0 radical (unpaired) electrons. The van der Waals surface area contributed by atoms with Gasteiger partial charge in [-0.1, -0.05) is 56.3 Å². The van der Waals surface area contributed by atoms with Crippen molar-refractivity contribution in [2.24, 2.45) is 11.7 Å². The Kier molecular flexibility index (Phi) is 7.52. The van der Waals surface area contributed by atoms with Gasteiger partial charge < -0.3 is 15.8 Å². The van der Waals surface area contributed by atoms with Crippen LogP contribution in [0.25, 0.3) is 0 Å². The number of hydrogen-bond donors (Lipinski definition) is 2. The van der Waals surface area contributed by atoms with Crippen LogP contribution in [-0.4, -0.2) is 12.1 Å². The van der Waals surface area contributed by atoms with Crippen LogP contribution in [0.5, 0.6) is 0 Å². The lowest BCUT2D eigenvalue weighted by atomic mass is 9.84. The van der Waals surface area contributed by atoms with Gasteiger partial charge in [-0.2, -0.15) is 0 Å². The third-order valence-corrected chi connectivity index (χ3v) is 4.72. The van der Waals surface area contributed by atoms with Crippen LogP contribution in [0.2, 0.25) is 0 Å². The molecule has 0 spiro atoms. The molecule has 3 N–H and O–H groups in total. The van der Waals surface area contributed by atoms with Crippen LogP contribution in [0, 0.1) is 5.92 Å². The SMILES string of the molecule is C/C=C1/CC(NC(=O)OCc2ccccc2)CC/C1=C/C(=C\N)C(C)C. The largest absolute Gasteiger partial charge is 0.445 e. The molecular weight excluding hydrogens is 324 g/mol. The third kappa shape index (κ3) is 5.80. The molecule has 1 aliphatic carbocycles. The van der Waals surface area contributed by atoms with Gasteiger partial charge in [0.2, 0.25) is 0 Å². The molecule has 1 atom stereocenters. The predicted molar refractivity (Wildman–Crippen MR) is 106 cm³/mol. The third-order valence-electron chi connectivity index (χ3n) is 4.72. The zero-order chi connectivity index (χ0) is 18.9. The Morgan fingerprint density at radius 1 is 1.31 bits per heavy atom. The summed E-state index contributed by atoms with van der Waals surface area (Å²) in [5, 5.41) is 3.00. The van der Waals surface area contributed by atoms with Gasteiger partial charge in [-0.15, -0.1) is 0 Å². The van der Waals surface area contributed by atoms with Gasteiger partial charge in [0.15, 0.2) is 0 Å². The van der Waals surface area contributed by atoms with Gasteiger partial charge in [-0.25, -0.2) is 4.79 Å². The maximum Gasteiger partial charge on any atom is 0.407 e. The molecule has 0 heterocycles. The van der Waals surface area contributed by atoms with E-state index in [1.165, 1.54) is 11.1 Å². The lowest BCUT2D eigenvalue weighted by Gasteiger charge is -2.27. The van der Waals surface area contributed by atoms with E-state index in [-0.39, 0.29) is 12.1 Å². The number of carbonyl (C=O) groups is 1. The van der Waals surface area contributed by atoms with E-state index in [1.807, 2.05) is 37.3 Å². The first-order valence-corrected chi connectivity index (χ1v) is 9.28. The van der Waals surface area contributed by atoms with Gasteiger partial charge in [0.25, 0.3) is 0 Å². The summed E-state index contributed by atoms with van der Waals surface area (Å²) in [6, 6.07) is 9.81. The van der Waals surface area contributed by atoms with Crippen molar-refractivity contribution in [1.29, 1.82) is 0 Å². The van der Waals surface area contributed by atoms with E-state index >= 15 is 0 Å². The average Bonchev–Trinajstić information content (AvgIpc) is 2.65. The van der Waals surface area contributed by atoms with E-state index in [9.17, 15) is 4.79 Å². The van der Waals surface area contributed by atoms with Crippen LogP contribution in [-0.2, 0) is 11.3 Å². The minimum Gasteiger partial charge on any atom is -0.445 e. The minimum atomic E-state index is -0.355. The number of nitrogens with two attached hydrogens (primary N) is 1. The highest BCUT2D eigenvalue weighted by molar-refractivity contribution is 5.67. The van der Waals surface area contributed by atoms with Gasteiger partial charge in [0.05, 0.1) is 0 Å². The van der Waals surface area contributed by atoms with Crippen LogP contribution < -0.4 is 11.1 Å². The highest BCUT2D eigenvalue weighted by Gasteiger charge is 2.22. The summed E-state index contributed by atoms with van der Waals surface area (Å²) in [5.41, 5.74) is 10.5. The van der Waals surface area contributed by atoms with E-state index in [0.29, 0.717) is 12.5 Å². The highest BCUT2D eigenvalue weighted by atomic mass is 16.5. The van der Waals surface area contributed by atoms with Crippen LogP contribution in [0.3, 0.4) is 0 Å². The van der Waals surface area contributed by atoms with Crippen molar-refractivity contribution in [1.82, 2.24) is 5.32 Å². The Morgan fingerprint density at radius 3 is 2.65 bits per heavy atom. The summed E-state index contributed by atoms with van der Waals surface area (Å²) >= 11 is 0.